The average molecular weight is 204 g/mol. The summed E-state index contributed by atoms with van der Waals surface area (Å²) in [7, 11) is 0. The van der Waals surface area contributed by atoms with Gasteiger partial charge in [0.05, 0.1) is 18.8 Å². The van der Waals surface area contributed by atoms with Crippen LogP contribution in [0, 0.1) is 0 Å². The van der Waals surface area contributed by atoms with E-state index in [2.05, 4.69) is 18.7 Å². The summed E-state index contributed by atoms with van der Waals surface area (Å²) in [4.78, 5) is 0. The molecule has 0 aromatic heterocycles. The molecule has 80 valence electrons. The minimum Gasteiger partial charge on any atom is -0.390 e. The van der Waals surface area contributed by atoms with E-state index in [1.807, 2.05) is 12.1 Å². The van der Waals surface area contributed by atoms with E-state index in [-0.39, 0.29) is 12.2 Å². The van der Waals surface area contributed by atoms with Gasteiger partial charge in [-0.1, -0.05) is 30.3 Å². The maximum absolute atomic E-state index is 9.88. The molecule has 1 aliphatic carbocycles. The molecule has 0 unspecified atom stereocenters. The van der Waals surface area contributed by atoms with Gasteiger partial charge in [-0.2, -0.15) is 0 Å². The summed E-state index contributed by atoms with van der Waals surface area (Å²) < 4.78 is 5.53. The molecule has 1 aromatic rings. The van der Waals surface area contributed by atoms with E-state index < -0.39 is 0 Å². The van der Waals surface area contributed by atoms with E-state index in [1.165, 1.54) is 11.1 Å². The molecular formula is C13H16O2. The van der Waals surface area contributed by atoms with Crippen molar-refractivity contribution in [3.05, 3.63) is 48.0 Å². The van der Waals surface area contributed by atoms with Crippen molar-refractivity contribution in [3.8, 4) is 0 Å². The van der Waals surface area contributed by atoms with Crippen LogP contribution in [0.25, 0.3) is 0 Å². The molecule has 0 radical (unpaired) electrons. The van der Waals surface area contributed by atoms with Gasteiger partial charge in [-0.25, -0.2) is 0 Å². The monoisotopic (exact) mass is 204 g/mol. The van der Waals surface area contributed by atoms with Crippen molar-refractivity contribution in [3.63, 3.8) is 0 Å². The van der Waals surface area contributed by atoms with Crippen molar-refractivity contribution in [2.24, 2.45) is 0 Å². The molecule has 1 aliphatic rings. The van der Waals surface area contributed by atoms with Crippen LogP contribution in [-0.4, -0.2) is 23.9 Å². The number of rotatable bonds is 3. The molecule has 1 aromatic carbocycles. The van der Waals surface area contributed by atoms with E-state index >= 15 is 0 Å². The van der Waals surface area contributed by atoms with Crippen LogP contribution in [0.4, 0.5) is 0 Å². The van der Waals surface area contributed by atoms with Gasteiger partial charge in [0, 0.05) is 12.8 Å². The molecule has 0 fully saturated rings. The van der Waals surface area contributed by atoms with Gasteiger partial charge in [0.2, 0.25) is 0 Å². The first-order chi connectivity index (χ1) is 7.31. The highest BCUT2D eigenvalue weighted by molar-refractivity contribution is 5.31. The summed E-state index contributed by atoms with van der Waals surface area (Å²) in [6, 6.07) is 8.21. The first-order valence-corrected chi connectivity index (χ1v) is 5.28. The fourth-order valence-electron chi connectivity index (χ4n) is 2.03. The normalized spacial score (nSPS) is 24.6. The molecule has 0 heterocycles. The molecule has 0 aliphatic heterocycles. The van der Waals surface area contributed by atoms with Crippen LogP contribution in [0.5, 0.6) is 0 Å². The van der Waals surface area contributed by atoms with Crippen molar-refractivity contribution in [2.75, 3.05) is 6.61 Å². The summed E-state index contributed by atoms with van der Waals surface area (Å²) in [5.74, 6) is 0. The number of fused-ring (bicyclic) bond motifs is 1. The summed E-state index contributed by atoms with van der Waals surface area (Å²) in [6.07, 6.45) is 2.73. The van der Waals surface area contributed by atoms with Crippen molar-refractivity contribution >= 4 is 0 Å². The predicted octanol–water partition coefficient (Wildman–Crippen LogP) is 1.72. The second-order valence-corrected chi connectivity index (χ2v) is 3.90. The van der Waals surface area contributed by atoms with Crippen LogP contribution in [0.2, 0.25) is 0 Å². The quantitative estimate of drug-likeness (QED) is 0.760. The molecule has 0 spiro atoms. The maximum atomic E-state index is 9.88. The maximum Gasteiger partial charge on any atom is 0.0881 e. The Hall–Kier alpha value is -1.12. The third kappa shape index (κ3) is 2.28. The van der Waals surface area contributed by atoms with Gasteiger partial charge >= 0.3 is 0 Å². The van der Waals surface area contributed by atoms with E-state index in [9.17, 15) is 5.11 Å². The van der Waals surface area contributed by atoms with Gasteiger partial charge < -0.3 is 9.84 Å². The van der Waals surface area contributed by atoms with Gasteiger partial charge in [-0.15, -0.1) is 6.58 Å². The van der Waals surface area contributed by atoms with Crippen LogP contribution >= 0.6 is 0 Å². The van der Waals surface area contributed by atoms with E-state index in [0.29, 0.717) is 13.0 Å². The highest BCUT2D eigenvalue weighted by atomic mass is 16.5. The Kier molecular flexibility index (Phi) is 3.19. The molecule has 0 amide bonds. The third-order valence-electron chi connectivity index (χ3n) is 2.83. The molecular weight excluding hydrogens is 188 g/mol. The Bertz CT molecular complexity index is 346. The van der Waals surface area contributed by atoms with Gasteiger partial charge in [-0.05, 0) is 11.1 Å². The SMILES string of the molecule is C=CCO[C@H]1Cc2ccccc2C[C@H]1O. The smallest absolute Gasteiger partial charge is 0.0881 e. The number of aliphatic hydroxyl groups is 1. The highest BCUT2D eigenvalue weighted by Gasteiger charge is 2.26. The zero-order valence-corrected chi connectivity index (χ0v) is 8.73. The molecule has 0 saturated heterocycles. The summed E-state index contributed by atoms with van der Waals surface area (Å²) >= 11 is 0. The van der Waals surface area contributed by atoms with Gasteiger partial charge in [0.15, 0.2) is 0 Å². The average Bonchev–Trinajstić information content (AvgIpc) is 2.26. The van der Waals surface area contributed by atoms with Crippen molar-refractivity contribution < 1.29 is 9.84 Å². The van der Waals surface area contributed by atoms with E-state index in [4.69, 9.17) is 4.74 Å². The Morgan fingerprint density at radius 1 is 1.33 bits per heavy atom. The van der Waals surface area contributed by atoms with Crippen LogP contribution < -0.4 is 0 Å². The largest absolute Gasteiger partial charge is 0.390 e. The molecule has 2 atom stereocenters. The minimum absolute atomic E-state index is 0.0853. The Labute approximate surface area is 90.2 Å². The fraction of sp³-hybridized carbons (Fsp3) is 0.385. The predicted molar refractivity (Wildman–Crippen MR) is 59.8 cm³/mol. The number of aliphatic hydroxyl groups excluding tert-OH is 1. The lowest BCUT2D eigenvalue weighted by Gasteiger charge is -2.29. The van der Waals surface area contributed by atoms with Crippen molar-refractivity contribution in [1.82, 2.24) is 0 Å². The van der Waals surface area contributed by atoms with E-state index in [0.717, 1.165) is 6.42 Å². The van der Waals surface area contributed by atoms with Gasteiger partial charge in [-0.3, -0.25) is 0 Å². The van der Waals surface area contributed by atoms with Gasteiger partial charge in [0.25, 0.3) is 0 Å². The topological polar surface area (TPSA) is 29.5 Å². The van der Waals surface area contributed by atoms with Gasteiger partial charge in [0.1, 0.15) is 0 Å². The van der Waals surface area contributed by atoms with Crippen molar-refractivity contribution in [1.29, 1.82) is 0 Å². The lowest BCUT2D eigenvalue weighted by atomic mass is 9.88. The number of ether oxygens (including phenoxy) is 1. The van der Waals surface area contributed by atoms with Crippen LogP contribution in [0.1, 0.15) is 11.1 Å². The second-order valence-electron chi connectivity index (χ2n) is 3.90. The summed E-state index contributed by atoms with van der Waals surface area (Å²) in [5.41, 5.74) is 2.53. The second kappa shape index (κ2) is 4.60. The van der Waals surface area contributed by atoms with Crippen molar-refractivity contribution in [2.45, 2.75) is 25.0 Å². The molecule has 2 nitrogen and oxygen atoms in total. The Morgan fingerprint density at radius 2 is 2.00 bits per heavy atom. The minimum atomic E-state index is -0.389. The summed E-state index contributed by atoms with van der Waals surface area (Å²) in [5, 5.41) is 9.88. The molecule has 1 N–H and O–H groups in total. The lowest BCUT2D eigenvalue weighted by Crippen LogP contribution is -2.37. The van der Waals surface area contributed by atoms with E-state index in [1.54, 1.807) is 6.08 Å². The first-order valence-electron chi connectivity index (χ1n) is 5.28. The zero-order valence-electron chi connectivity index (χ0n) is 8.73. The lowest BCUT2D eigenvalue weighted by molar-refractivity contribution is -0.0304. The molecule has 2 heteroatoms. The number of benzene rings is 1. The first kappa shape index (κ1) is 10.4. The molecule has 15 heavy (non-hydrogen) atoms. The number of hydrogen-bond donors (Lipinski definition) is 1. The fourth-order valence-corrected chi connectivity index (χ4v) is 2.03. The highest BCUT2D eigenvalue weighted by Crippen LogP contribution is 2.23. The zero-order chi connectivity index (χ0) is 10.7. The Morgan fingerprint density at radius 3 is 2.67 bits per heavy atom. The van der Waals surface area contributed by atoms with Crippen LogP contribution in [-0.2, 0) is 17.6 Å². The standard InChI is InChI=1S/C13H16O2/c1-2-7-15-13-9-11-6-4-3-5-10(11)8-12(13)14/h2-6,12-14H,1,7-9H2/t12-,13+/m1/s1. The molecule has 0 saturated carbocycles. The molecule has 0 bridgehead atoms. The van der Waals surface area contributed by atoms with Crippen LogP contribution in [0.3, 0.4) is 0 Å². The number of hydrogen-bond acceptors (Lipinski definition) is 2. The molecule has 2 rings (SSSR count). The summed E-state index contributed by atoms with van der Waals surface area (Å²) in [6.45, 7) is 4.11. The van der Waals surface area contributed by atoms with Crippen LogP contribution in [0.15, 0.2) is 36.9 Å². The Balaban J connectivity index is 2.11. The third-order valence-corrected chi connectivity index (χ3v) is 2.83.